The number of piperazine rings is 1. The standard InChI is InChI=1S/C14H20N2O2S/c1-9(2)6-11-14(18)16(8-13(17)15-11)7-12-10(3)4-5-19-12/h4-5,9,11H,6-8H2,1-3H3,(H,15,17). The van der Waals surface area contributed by atoms with E-state index in [1.807, 2.05) is 18.4 Å². The maximum Gasteiger partial charge on any atom is 0.245 e. The smallest absolute Gasteiger partial charge is 0.245 e. The average molecular weight is 280 g/mol. The van der Waals surface area contributed by atoms with Crippen molar-refractivity contribution in [2.24, 2.45) is 5.92 Å². The van der Waals surface area contributed by atoms with Gasteiger partial charge in [-0.1, -0.05) is 13.8 Å². The molecule has 1 aromatic rings. The van der Waals surface area contributed by atoms with E-state index in [1.165, 1.54) is 5.56 Å². The third-order valence-corrected chi connectivity index (χ3v) is 4.30. The Morgan fingerprint density at radius 2 is 2.21 bits per heavy atom. The molecule has 0 saturated carbocycles. The van der Waals surface area contributed by atoms with Crippen molar-refractivity contribution in [2.75, 3.05) is 6.54 Å². The van der Waals surface area contributed by atoms with Gasteiger partial charge in [0.05, 0.1) is 13.1 Å². The first-order valence-corrected chi connectivity index (χ1v) is 7.46. The van der Waals surface area contributed by atoms with Crippen LogP contribution < -0.4 is 5.32 Å². The molecular weight excluding hydrogens is 260 g/mol. The van der Waals surface area contributed by atoms with Crippen molar-refractivity contribution in [2.45, 2.75) is 39.8 Å². The summed E-state index contributed by atoms with van der Waals surface area (Å²) >= 11 is 1.64. The normalized spacial score (nSPS) is 20.0. The molecule has 0 aliphatic carbocycles. The number of nitrogens with one attached hydrogen (secondary N) is 1. The highest BCUT2D eigenvalue weighted by molar-refractivity contribution is 7.10. The third kappa shape index (κ3) is 3.35. The van der Waals surface area contributed by atoms with E-state index in [-0.39, 0.29) is 24.4 Å². The Morgan fingerprint density at radius 3 is 2.79 bits per heavy atom. The van der Waals surface area contributed by atoms with E-state index in [0.717, 1.165) is 4.88 Å². The predicted octanol–water partition coefficient (Wildman–Crippen LogP) is 1.93. The van der Waals surface area contributed by atoms with Crippen LogP contribution in [0, 0.1) is 12.8 Å². The molecule has 1 aromatic heterocycles. The Kier molecular flexibility index (Phi) is 4.24. The number of rotatable bonds is 4. The summed E-state index contributed by atoms with van der Waals surface area (Å²) in [5.41, 5.74) is 1.18. The van der Waals surface area contributed by atoms with Crippen molar-refractivity contribution >= 4 is 23.2 Å². The fourth-order valence-corrected chi connectivity index (χ4v) is 3.20. The van der Waals surface area contributed by atoms with Crippen LogP contribution in [0.4, 0.5) is 0 Å². The van der Waals surface area contributed by atoms with Gasteiger partial charge in [-0.2, -0.15) is 0 Å². The number of amides is 2. The fraction of sp³-hybridized carbons (Fsp3) is 0.571. The van der Waals surface area contributed by atoms with Crippen LogP contribution in [0.2, 0.25) is 0 Å². The molecule has 1 N–H and O–H groups in total. The van der Waals surface area contributed by atoms with Gasteiger partial charge in [-0.25, -0.2) is 0 Å². The fourth-order valence-electron chi connectivity index (χ4n) is 2.28. The zero-order valence-electron chi connectivity index (χ0n) is 11.6. The van der Waals surface area contributed by atoms with E-state index >= 15 is 0 Å². The van der Waals surface area contributed by atoms with Gasteiger partial charge in [0, 0.05) is 4.88 Å². The van der Waals surface area contributed by atoms with Crippen molar-refractivity contribution in [3.63, 3.8) is 0 Å². The molecule has 1 atom stereocenters. The molecule has 0 spiro atoms. The summed E-state index contributed by atoms with van der Waals surface area (Å²) in [5, 5.41) is 4.81. The molecule has 1 aliphatic rings. The predicted molar refractivity (Wildman–Crippen MR) is 75.9 cm³/mol. The summed E-state index contributed by atoms with van der Waals surface area (Å²) in [6.07, 6.45) is 0.699. The molecule has 0 radical (unpaired) electrons. The summed E-state index contributed by atoms with van der Waals surface area (Å²) in [7, 11) is 0. The number of hydrogen-bond donors (Lipinski definition) is 1. The molecule has 2 heterocycles. The van der Waals surface area contributed by atoms with E-state index in [2.05, 4.69) is 19.2 Å². The van der Waals surface area contributed by atoms with Crippen LogP contribution in [0.15, 0.2) is 11.4 Å². The first-order chi connectivity index (χ1) is 8.97. The van der Waals surface area contributed by atoms with Crippen LogP contribution in [-0.4, -0.2) is 29.3 Å². The maximum absolute atomic E-state index is 12.4. The van der Waals surface area contributed by atoms with Crippen molar-refractivity contribution in [1.29, 1.82) is 0 Å². The summed E-state index contributed by atoms with van der Waals surface area (Å²) in [4.78, 5) is 26.9. The maximum atomic E-state index is 12.4. The lowest BCUT2D eigenvalue weighted by Crippen LogP contribution is -2.57. The minimum Gasteiger partial charge on any atom is -0.343 e. The number of thiophene rings is 1. The second kappa shape index (κ2) is 5.74. The Balaban J connectivity index is 2.09. The van der Waals surface area contributed by atoms with Gasteiger partial charge in [-0.15, -0.1) is 11.3 Å². The summed E-state index contributed by atoms with van der Waals surface area (Å²) in [6.45, 7) is 6.87. The molecule has 1 unspecified atom stereocenters. The van der Waals surface area contributed by atoms with Gasteiger partial charge >= 0.3 is 0 Å². The van der Waals surface area contributed by atoms with Gasteiger partial charge in [-0.05, 0) is 36.3 Å². The van der Waals surface area contributed by atoms with E-state index in [4.69, 9.17) is 0 Å². The molecule has 0 aromatic carbocycles. The minimum atomic E-state index is -0.360. The topological polar surface area (TPSA) is 49.4 Å². The van der Waals surface area contributed by atoms with E-state index in [0.29, 0.717) is 18.9 Å². The zero-order valence-corrected chi connectivity index (χ0v) is 12.4. The lowest BCUT2D eigenvalue weighted by molar-refractivity contribution is -0.145. The Labute approximate surface area is 117 Å². The van der Waals surface area contributed by atoms with Crippen LogP contribution >= 0.6 is 11.3 Å². The highest BCUT2D eigenvalue weighted by atomic mass is 32.1. The molecule has 2 rings (SSSR count). The van der Waals surface area contributed by atoms with Crippen LogP contribution in [0.1, 0.15) is 30.7 Å². The van der Waals surface area contributed by atoms with Crippen molar-refractivity contribution < 1.29 is 9.59 Å². The summed E-state index contributed by atoms with van der Waals surface area (Å²) in [6, 6.07) is 1.68. The second-order valence-electron chi connectivity index (χ2n) is 5.47. The Hall–Kier alpha value is -1.36. The molecule has 5 heteroatoms. The number of aryl methyl sites for hydroxylation is 1. The van der Waals surface area contributed by atoms with E-state index in [1.54, 1.807) is 16.2 Å². The van der Waals surface area contributed by atoms with Gasteiger partial charge in [0.15, 0.2) is 0 Å². The molecule has 1 aliphatic heterocycles. The van der Waals surface area contributed by atoms with Crippen molar-refractivity contribution in [3.05, 3.63) is 21.9 Å². The molecule has 19 heavy (non-hydrogen) atoms. The zero-order chi connectivity index (χ0) is 14.0. The number of carbonyl (C=O) groups is 2. The molecule has 1 saturated heterocycles. The van der Waals surface area contributed by atoms with Crippen LogP contribution in [-0.2, 0) is 16.1 Å². The van der Waals surface area contributed by atoms with E-state index in [9.17, 15) is 9.59 Å². The van der Waals surface area contributed by atoms with Gasteiger partial charge in [0.25, 0.3) is 0 Å². The average Bonchev–Trinajstić information content (AvgIpc) is 2.70. The highest BCUT2D eigenvalue weighted by Crippen LogP contribution is 2.20. The lowest BCUT2D eigenvalue weighted by atomic mass is 10.0. The number of carbonyl (C=O) groups excluding carboxylic acids is 2. The van der Waals surface area contributed by atoms with Gasteiger partial charge < -0.3 is 10.2 Å². The summed E-state index contributed by atoms with van der Waals surface area (Å²) in [5.74, 6) is 0.373. The number of hydrogen-bond acceptors (Lipinski definition) is 3. The summed E-state index contributed by atoms with van der Waals surface area (Å²) < 4.78 is 0. The van der Waals surface area contributed by atoms with Gasteiger partial charge in [-0.3, -0.25) is 9.59 Å². The molecule has 1 fully saturated rings. The van der Waals surface area contributed by atoms with E-state index < -0.39 is 0 Å². The lowest BCUT2D eigenvalue weighted by Gasteiger charge is -2.33. The first kappa shape index (κ1) is 14.1. The number of nitrogens with zero attached hydrogens (tertiary/aromatic N) is 1. The SMILES string of the molecule is Cc1ccsc1CN1CC(=O)NC(CC(C)C)C1=O. The van der Waals surface area contributed by atoms with Crippen molar-refractivity contribution in [1.82, 2.24) is 10.2 Å². The second-order valence-corrected chi connectivity index (χ2v) is 6.47. The monoisotopic (exact) mass is 280 g/mol. The largest absolute Gasteiger partial charge is 0.343 e. The van der Waals surface area contributed by atoms with Crippen LogP contribution in [0.25, 0.3) is 0 Å². The highest BCUT2D eigenvalue weighted by Gasteiger charge is 2.33. The van der Waals surface area contributed by atoms with Gasteiger partial charge in [0.1, 0.15) is 6.04 Å². The molecule has 104 valence electrons. The van der Waals surface area contributed by atoms with Crippen molar-refractivity contribution in [3.8, 4) is 0 Å². The third-order valence-electron chi connectivity index (χ3n) is 3.29. The Morgan fingerprint density at radius 1 is 1.47 bits per heavy atom. The quantitative estimate of drug-likeness (QED) is 0.916. The van der Waals surface area contributed by atoms with Crippen LogP contribution in [0.5, 0.6) is 0 Å². The first-order valence-electron chi connectivity index (χ1n) is 6.58. The Bertz CT molecular complexity index is 482. The van der Waals surface area contributed by atoms with Crippen LogP contribution in [0.3, 0.4) is 0 Å². The molecule has 0 bridgehead atoms. The molecule has 2 amide bonds. The molecule has 4 nitrogen and oxygen atoms in total. The minimum absolute atomic E-state index is 0.0427. The molecular formula is C14H20N2O2S. The van der Waals surface area contributed by atoms with Gasteiger partial charge in [0.2, 0.25) is 11.8 Å².